The summed E-state index contributed by atoms with van der Waals surface area (Å²) >= 11 is 0. The number of aryl methyl sites for hydroxylation is 1. The van der Waals surface area contributed by atoms with Gasteiger partial charge < -0.3 is 14.4 Å². The average molecular weight is 247 g/mol. The van der Waals surface area contributed by atoms with Crippen LogP contribution in [-0.2, 0) is 13.0 Å². The Labute approximate surface area is 105 Å². The van der Waals surface area contributed by atoms with Crippen molar-refractivity contribution in [2.24, 2.45) is 0 Å². The lowest BCUT2D eigenvalue weighted by Crippen LogP contribution is -2.12. The van der Waals surface area contributed by atoms with Gasteiger partial charge in [-0.1, -0.05) is 6.92 Å². The maximum atomic E-state index is 12.0. The fourth-order valence-electron chi connectivity index (χ4n) is 1.96. The predicted octanol–water partition coefficient (Wildman–Crippen LogP) is 2.12. The van der Waals surface area contributed by atoms with Crippen molar-refractivity contribution < 1.29 is 9.52 Å². The fourth-order valence-corrected chi connectivity index (χ4v) is 1.96. The summed E-state index contributed by atoms with van der Waals surface area (Å²) in [6.07, 6.45) is 0.655. The zero-order chi connectivity index (χ0) is 13.3. The summed E-state index contributed by atoms with van der Waals surface area (Å²) in [6, 6.07) is 4.66. The molecule has 0 saturated carbocycles. The van der Waals surface area contributed by atoms with Crippen molar-refractivity contribution in [2.75, 3.05) is 14.1 Å². The first-order valence-electron chi connectivity index (χ1n) is 5.95. The Balaban J connectivity index is 2.77. The normalized spacial score (nSPS) is 11.3. The zero-order valence-corrected chi connectivity index (χ0v) is 10.9. The van der Waals surface area contributed by atoms with E-state index in [1.807, 2.05) is 25.9 Å². The molecular weight excluding hydrogens is 230 g/mol. The molecule has 0 saturated heterocycles. The van der Waals surface area contributed by atoms with E-state index in [-0.39, 0.29) is 11.2 Å². The molecule has 0 bridgehead atoms. The monoisotopic (exact) mass is 247 g/mol. The molecule has 0 aliphatic carbocycles. The van der Waals surface area contributed by atoms with Gasteiger partial charge in [0, 0.05) is 19.0 Å². The largest absolute Gasteiger partial charge is 0.507 e. The molecule has 96 valence electrons. The summed E-state index contributed by atoms with van der Waals surface area (Å²) in [5.41, 5.74) is 1.09. The zero-order valence-electron chi connectivity index (χ0n) is 10.9. The number of benzene rings is 1. The van der Waals surface area contributed by atoms with E-state index in [1.165, 1.54) is 6.07 Å². The molecule has 0 atom stereocenters. The van der Waals surface area contributed by atoms with Gasteiger partial charge >= 0.3 is 0 Å². The van der Waals surface area contributed by atoms with Crippen LogP contribution in [0.2, 0.25) is 0 Å². The first-order chi connectivity index (χ1) is 8.52. The standard InChI is InChI=1S/C14H17NO3/c1-4-9-7-13(17)10-5-6-12(16)11(8-15(2)3)14(10)18-9/h5-7,16H,4,8H2,1-3H3. The second-order valence-corrected chi connectivity index (χ2v) is 4.61. The Bertz CT molecular complexity index is 629. The summed E-state index contributed by atoms with van der Waals surface area (Å²) in [5.74, 6) is 0.797. The van der Waals surface area contributed by atoms with Gasteiger partial charge in [0.15, 0.2) is 5.43 Å². The minimum atomic E-state index is -0.0619. The number of hydrogen-bond acceptors (Lipinski definition) is 4. The molecule has 0 radical (unpaired) electrons. The topological polar surface area (TPSA) is 53.7 Å². The van der Waals surface area contributed by atoms with Crippen molar-refractivity contribution in [1.82, 2.24) is 4.90 Å². The molecule has 0 amide bonds. The lowest BCUT2D eigenvalue weighted by molar-refractivity contribution is 0.383. The quantitative estimate of drug-likeness (QED) is 0.902. The number of phenols is 1. The van der Waals surface area contributed by atoms with E-state index in [0.717, 1.165) is 0 Å². The van der Waals surface area contributed by atoms with Crippen molar-refractivity contribution in [1.29, 1.82) is 0 Å². The number of aromatic hydroxyl groups is 1. The SMILES string of the molecule is CCc1cc(=O)c2ccc(O)c(CN(C)C)c2o1. The van der Waals surface area contributed by atoms with Crippen molar-refractivity contribution >= 4 is 11.0 Å². The van der Waals surface area contributed by atoms with Gasteiger partial charge in [-0.3, -0.25) is 4.79 Å². The minimum absolute atomic E-state index is 0.0619. The van der Waals surface area contributed by atoms with Gasteiger partial charge in [-0.2, -0.15) is 0 Å². The van der Waals surface area contributed by atoms with Crippen LogP contribution in [0, 0.1) is 0 Å². The van der Waals surface area contributed by atoms with Crippen LogP contribution in [0.3, 0.4) is 0 Å². The maximum absolute atomic E-state index is 12.0. The van der Waals surface area contributed by atoms with Gasteiger partial charge in [-0.05, 0) is 26.2 Å². The molecule has 1 aromatic heterocycles. The highest BCUT2D eigenvalue weighted by Gasteiger charge is 2.13. The third-order valence-corrected chi connectivity index (χ3v) is 2.85. The molecule has 1 N–H and O–H groups in total. The predicted molar refractivity (Wildman–Crippen MR) is 70.9 cm³/mol. The Morgan fingerprint density at radius 1 is 1.33 bits per heavy atom. The van der Waals surface area contributed by atoms with Crippen LogP contribution >= 0.6 is 0 Å². The van der Waals surface area contributed by atoms with E-state index in [9.17, 15) is 9.90 Å². The highest BCUT2D eigenvalue weighted by atomic mass is 16.3. The number of fused-ring (bicyclic) bond motifs is 1. The molecule has 0 unspecified atom stereocenters. The first-order valence-corrected chi connectivity index (χ1v) is 5.95. The van der Waals surface area contributed by atoms with Crippen molar-refractivity contribution in [2.45, 2.75) is 19.9 Å². The second kappa shape index (κ2) is 4.82. The minimum Gasteiger partial charge on any atom is -0.507 e. The van der Waals surface area contributed by atoms with Crippen LogP contribution in [-0.4, -0.2) is 24.1 Å². The van der Waals surface area contributed by atoms with Crippen molar-refractivity contribution in [3.63, 3.8) is 0 Å². The van der Waals surface area contributed by atoms with Gasteiger partial charge in [-0.25, -0.2) is 0 Å². The third-order valence-electron chi connectivity index (χ3n) is 2.85. The smallest absolute Gasteiger partial charge is 0.192 e. The molecule has 4 nitrogen and oxygen atoms in total. The third kappa shape index (κ3) is 2.24. The Hall–Kier alpha value is -1.81. The van der Waals surface area contributed by atoms with Gasteiger partial charge in [0.05, 0.1) is 10.9 Å². The molecule has 1 aromatic carbocycles. The van der Waals surface area contributed by atoms with Crippen molar-refractivity contribution in [3.05, 3.63) is 39.7 Å². The number of rotatable bonds is 3. The number of phenolic OH excluding ortho intramolecular Hbond substituents is 1. The average Bonchev–Trinajstić information content (AvgIpc) is 2.32. The number of nitrogens with zero attached hydrogens (tertiary/aromatic N) is 1. The van der Waals surface area contributed by atoms with Gasteiger partial charge in [-0.15, -0.1) is 0 Å². The molecule has 2 rings (SSSR count). The van der Waals surface area contributed by atoms with Crippen LogP contribution in [0.25, 0.3) is 11.0 Å². The van der Waals surface area contributed by atoms with E-state index in [1.54, 1.807) is 12.1 Å². The lowest BCUT2D eigenvalue weighted by atomic mass is 10.1. The highest BCUT2D eigenvalue weighted by molar-refractivity contribution is 5.82. The van der Waals surface area contributed by atoms with E-state index in [4.69, 9.17) is 4.42 Å². The van der Waals surface area contributed by atoms with Crippen LogP contribution in [0.5, 0.6) is 5.75 Å². The number of hydrogen-bond donors (Lipinski definition) is 1. The van der Waals surface area contributed by atoms with E-state index < -0.39 is 0 Å². The molecule has 2 aromatic rings. The van der Waals surface area contributed by atoms with Gasteiger partial charge in [0.1, 0.15) is 17.1 Å². The van der Waals surface area contributed by atoms with Gasteiger partial charge in [0.2, 0.25) is 0 Å². The molecule has 0 spiro atoms. The lowest BCUT2D eigenvalue weighted by Gasteiger charge is -2.13. The van der Waals surface area contributed by atoms with Crippen molar-refractivity contribution in [3.8, 4) is 5.75 Å². The summed E-state index contributed by atoms with van der Waals surface area (Å²) < 4.78 is 5.72. The molecular formula is C14H17NO3. The maximum Gasteiger partial charge on any atom is 0.192 e. The van der Waals surface area contributed by atoms with E-state index in [0.29, 0.717) is 35.3 Å². The molecule has 4 heteroatoms. The first kappa shape index (κ1) is 12.6. The van der Waals surface area contributed by atoms with Crippen LogP contribution in [0.4, 0.5) is 0 Å². The summed E-state index contributed by atoms with van der Waals surface area (Å²) in [6.45, 7) is 2.46. The summed E-state index contributed by atoms with van der Waals surface area (Å²) in [5, 5.41) is 10.4. The van der Waals surface area contributed by atoms with E-state index >= 15 is 0 Å². The van der Waals surface area contributed by atoms with Crippen LogP contribution < -0.4 is 5.43 Å². The van der Waals surface area contributed by atoms with E-state index in [2.05, 4.69) is 0 Å². The molecule has 18 heavy (non-hydrogen) atoms. The molecule has 0 aliphatic rings. The van der Waals surface area contributed by atoms with Gasteiger partial charge in [0.25, 0.3) is 0 Å². The summed E-state index contributed by atoms with van der Waals surface area (Å²) in [4.78, 5) is 13.9. The second-order valence-electron chi connectivity index (χ2n) is 4.61. The Kier molecular flexibility index (Phi) is 3.39. The molecule has 1 heterocycles. The Morgan fingerprint density at radius 2 is 2.06 bits per heavy atom. The highest BCUT2D eigenvalue weighted by Crippen LogP contribution is 2.27. The fraction of sp³-hybridized carbons (Fsp3) is 0.357. The molecule has 0 aliphatic heterocycles. The Morgan fingerprint density at radius 3 is 2.67 bits per heavy atom. The van der Waals surface area contributed by atoms with Crippen LogP contribution in [0.1, 0.15) is 18.2 Å². The molecule has 0 fully saturated rings. The van der Waals surface area contributed by atoms with Crippen LogP contribution in [0.15, 0.2) is 27.4 Å². The summed E-state index contributed by atoms with van der Waals surface area (Å²) in [7, 11) is 3.81.